The molecule has 2 aliphatic rings. The van der Waals surface area contributed by atoms with Crippen molar-refractivity contribution in [1.82, 2.24) is 15.5 Å². The van der Waals surface area contributed by atoms with Crippen LogP contribution in [0.1, 0.15) is 24.3 Å². The predicted molar refractivity (Wildman–Crippen MR) is 98.9 cm³/mol. The largest absolute Gasteiger partial charge is 0.379 e. The van der Waals surface area contributed by atoms with Gasteiger partial charge in [0.2, 0.25) is 0 Å². The van der Waals surface area contributed by atoms with Crippen molar-refractivity contribution in [3.8, 4) is 0 Å². The maximum absolute atomic E-state index is 13.3. The normalized spacial score (nSPS) is 24.7. The van der Waals surface area contributed by atoms with Crippen molar-refractivity contribution in [2.45, 2.75) is 24.8 Å². The first-order valence-corrected chi connectivity index (χ1v) is 9.25. The molecule has 1 saturated carbocycles. The summed E-state index contributed by atoms with van der Waals surface area (Å²) in [5, 5.41) is 7.03. The van der Waals surface area contributed by atoms with Crippen LogP contribution < -0.4 is 10.6 Å². The molecule has 3 rings (SSSR count). The Balaban J connectivity index is 1.38. The van der Waals surface area contributed by atoms with Gasteiger partial charge in [-0.25, -0.2) is 4.39 Å². The monoisotopic (exact) mass is 368 g/mol. The van der Waals surface area contributed by atoms with Gasteiger partial charge in [0.05, 0.1) is 18.2 Å². The minimum Gasteiger partial charge on any atom is -0.379 e. The highest BCUT2D eigenvalue weighted by Gasteiger charge is 2.31. The number of hydrogen-bond donors (Lipinski definition) is 2. The number of guanidine groups is 1. The quantitative estimate of drug-likeness (QED) is 0.618. The van der Waals surface area contributed by atoms with E-state index in [-0.39, 0.29) is 10.8 Å². The van der Waals surface area contributed by atoms with Crippen molar-refractivity contribution in [3.05, 3.63) is 34.6 Å². The molecule has 1 heterocycles. The topological polar surface area (TPSA) is 48.9 Å². The Bertz CT molecular complexity index is 601. The van der Waals surface area contributed by atoms with E-state index in [1.165, 1.54) is 6.07 Å². The van der Waals surface area contributed by atoms with Gasteiger partial charge in [-0.1, -0.05) is 17.7 Å². The number of aliphatic imine (C=N–C) groups is 1. The molecule has 0 spiro atoms. The van der Waals surface area contributed by atoms with E-state index in [0.29, 0.717) is 12.0 Å². The molecule has 2 fully saturated rings. The van der Waals surface area contributed by atoms with Crippen LogP contribution in [0.4, 0.5) is 4.39 Å². The smallest absolute Gasteiger partial charge is 0.191 e. The van der Waals surface area contributed by atoms with E-state index < -0.39 is 0 Å². The maximum atomic E-state index is 13.3. The number of rotatable bonds is 5. The summed E-state index contributed by atoms with van der Waals surface area (Å²) in [7, 11) is 1.79. The van der Waals surface area contributed by atoms with Crippen molar-refractivity contribution >= 4 is 17.6 Å². The number of benzene rings is 1. The van der Waals surface area contributed by atoms with Crippen molar-refractivity contribution in [2.24, 2.45) is 4.99 Å². The van der Waals surface area contributed by atoms with Gasteiger partial charge in [-0.3, -0.25) is 9.89 Å². The Morgan fingerprint density at radius 1 is 1.36 bits per heavy atom. The van der Waals surface area contributed by atoms with Crippen LogP contribution >= 0.6 is 11.6 Å². The Labute approximate surface area is 153 Å². The first-order valence-electron chi connectivity index (χ1n) is 8.88. The summed E-state index contributed by atoms with van der Waals surface area (Å²) < 4.78 is 18.6. The van der Waals surface area contributed by atoms with Crippen LogP contribution in [0.3, 0.4) is 0 Å². The summed E-state index contributed by atoms with van der Waals surface area (Å²) in [4.78, 5) is 6.69. The van der Waals surface area contributed by atoms with E-state index in [4.69, 9.17) is 16.3 Å². The lowest BCUT2D eigenvalue weighted by molar-refractivity contribution is 0.0389. The summed E-state index contributed by atoms with van der Waals surface area (Å²) >= 11 is 5.87. The summed E-state index contributed by atoms with van der Waals surface area (Å²) in [5.41, 5.74) is 1.11. The van der Waals surface area contributed by atoms with Gasteiger partial charge in [-0.15, -0.1) is 0 Å². The summed E-state index contributed by atoms with van der Waals surface area (Å²) in [6.45, 7) is 5.50. The van der Waals surface area contributed by atoms with Gasteiger partial charge in [-0.05, 0) is 36.5 Å². The second-order valence-corrected chi connectivity index (χ2v) is 7.04. The van der Waals surface area contributed by atoms with Crippen LogP contribution in [-0.2, 0) is 4.74 Å². The Morgan fingerprint density at radius 3 is 2.80 bits per heavy atom. The lowest BCUT2D eigenvalue weighted by Gasteiger charge is -2.37. The first kappa shape index (κ1) is 18.4. The number of nitrogens with zero attached hydrogens (tertiary/aromatic N) is 2. The average molecular weight is 369 g/mol. The van der Waals surface area contributed by atoms with E-state index in [9.17, 15) is 4.39 Å². The third kappa shape index (κ3) is 5.06. The predicted octanol–water partition coefficient (Wildman–Crippen LogP) is 2.22. The molecular weight excluding hydrogens is 343 g/mol. The van der Waals surface area contributed by atoms with E-state index in [1.807, 2.05) is 6.07 Å². The maximum Gasteiger partial charge on any atom is 0.191 e. The molecule has 0 atom stereocenters. The molecular formula is C18H26ClFN4O. The summed E-state index contributed by atoms with van der Waals surface area (Å²) in [6, 6.07) is 5.42. The molecule has 1 aromatic carbocycles. The van der Waals surface area contributed by atoms with Crippen molar-refractivity contribution in [3.63, 3.8) is 0 Å². The molecule has 7 heteroatoms. The number of ether oxygens (including phenoxy) is 1. The zero-order valence-electron chi connectivity index (χ0n) is 14.6. The van der Waals surface area contributed by atoms with Crippen LogP contribution in [0.5, 0.6) is 0 Å². The number of halogens is 2. The van der Waals surface area contributed by atoms with Crippen molar-refractivity contribution in [1.29, 1.82) is 0 Å². The molecule has 2 N–H and O–H groups in total. The lowest BCUT2D eigenvalue weighted by atomic mass is 9.76. The van der Waals surface area contributed by atoms with Crippen LogP contribution in [0.15, 0.2) is 23.2 Å². The lowest BCUT2D eigenvalue weighted by Crippen LogP contribution is -2.50. The van der Waals surface area contributed by atoms with Gasteiger partial charge < -0.3 is 15.4 Å². The molecule has 5 nitrogen and oxygen atoms in total. The van der Waals surface area contributed by atoms with E-state index in [1.54, 1.807) is 13.1 Å². The summed E-state index contributed by atoms with van der Waals surface area (Å²) in [6.07, 6.45) is 2.01. The average Bonchev–Trinajstić information content (AvgIpc) is 2.59. The minimum atomic E-state index is -0.357. The van der Waals surface area contributed by atoms with Crippen LogP contribution in [0, 0.1) is 5.82 Å². The molecule has 25 heavy (non-hydrogen) atoms. The Hall–Kier alpha value is -1.37. The molecule has 138 valence electrons. The zero-order chi connectivity index (χ0) is 17.6. The Kier molecular flexibility index (Phi) is 6.51. The fourth-order valence-electron chi connectivity index (χ4n) is 3.32. The molecule has 0 unspecified atom stereocenters. The molecule has 0 radical (unpaired) electrons. The van der Waals surface area contributed by atoms with Crippen LogP contribution in [0.25, 0.3) is 0 Å². The van der Waals surface area contributed by atoms with E-state index >= 15 is 0 Å². The van der Waals surface area contributed by atoms with Crippen LogP contribution in [0.2, 0.25) is 5.02 Å². The first-order chi connectivity index (χ1) is 12.2. The number of morpholine rings is 1. The standard InChI is InChI=1S/C18H26ClFN4O/c1-21-18(22-4-5-24-6-8-25-9-7-24)23-15-10-14(11-15)13-2-3-17(20)16(19)12-13/h2-3,12,14-15H,4-11H2,1H3,(H2,21,22,23). The molecule has 0 amide bonds. The molecule has 0 aromatic heterocycles. The van der Waals surface area contributed by atoms with Gasteiger partial charge in [0.25, 0.3) is 0 Å². The van der Waals surface area contributed by atoms with Gasteiger partial charge in [-0.2, -0.15) is 0 Å². The van der Waals surface area contributed by atoms with Gasteiger partial charge in [0.1, 0.15) is 5.82 Å². The second kappa shape index (κ2) is 8.83. The molecule has 1 aromatic rings. The zero-order valence-corrected chi connectivity index (χ0v) is 15.4. The number of hydrogen-bond acceptors (Lipinski definition) is 3. The fourth-order valence-corrected chi connectivity index (χ4v) is 3.51. The SMILES string of the molecule is CN=C(NCCN1CCOCC1)NC1CC(c2ccc(F)c(Cl)c2)C1. The molecule has 1 aliphatic carbocycles. The van der Waals surface area contributed by atoms with Gasteiger partial charge in [0, 0.05) is 39.3 Å². The third-order valence-electron chi connectivity index (χ3n) is 4.94. The number of nitrogens with one attached hydrogen (secondary N) is 2. The molecule has 1 aliphatic heterocycles. The van der Waals surface area contributed by atoms with E-state index in [0.717, 1.165) is 63.8 Å². The third-order valence-corrected chi connectivity index (χ3v) is 5.23. The van der Waals surface area contributed by atoms with Crippen molar-refractivity contribution < 1.29 is 9.13 Å². The van der Waals surface area contributed by atoms with Crippen LogP contribution in [-0.4, -0.2) is 63.3 Å². The second-order valence-electron chi connectivity index (χ2n) is 6.64. The van der Waals surface area contributed by atoms with E-state index in [2.05, 4.69) is 20.5 Å². The fraction of sp³-hybridized carbons (Fsp3) is 0.611. The highest BCUT2D eigenvalue weighted by molar-refractivity contribution is 6.30. The summed E-state index contributed by atoms with van der Waals surface area (Å²) in [5.74, 6) is 0.917. The van der Waals surface area contributed by atoms with Gasteiger partial charge >= 0.3 is 0 Å². The van der Waals surface area contributed by atoms with Crippen molar-refractivity contribution in [2.75, 3.05) is 46.4 Å². The highest BCUT2D eigenvalue weighted by Crippen LogP contribution is 2.38. The highest BCUT2D eigenvalue weighted by atomic mass is 35.5. The Morgan fingerprint density at radius 2 is 2.12 bits per heavy atom. The van der Waals surface area contributed by atoms with Gasteiger partial charge in [0.15, 0.2) is 5.96 Å². The minimum absolute atomic E-state index is 0.203. The molecule has 0 bridgehead atoms. The molecule has 1 saturated heterocycles.